The zero-order valence-electron chi connectivity index (χ0n) is 10.4. The van der Waals surface area contributed by atoms with Gasteiger partial charge >= 0.3 is 0 Å². The van der Waals surface area contributed by atoms with Crippen molar-refractivity contribution in [1.29, 1.82) is 0 Å². The summed E-state index contributed by atoms with van der Waals surface area (Å²) in [5.41, 5.74) is 0. The van der Waals surface area contributed by atoms with Crippen LogP contribution in [0.5, 0.6) is 0 Å². The highest BCUT2D eigenvalue weighted by Gasteiger charge is 2.26. The van der Waals surface area contributed by atoms with E-state index in [4.69, 9.17) is 11.6 Å². The van der Waals surface area contributed by atoms with Crippen molar-refractivity contribution in [3.8, 4) is 0 Å². The van der Waals surface area contributed by atoms with E-state index >= 15 is 0 Å². The monoisotopic (exact) mass is 324 g/mol. The number of nitrogens with one attached hydrogen (secondary N) is 1. The SMILES string of the molecule is O=S(=O)(NCC1CCCCC1CO)c1cnc(Cl)s1. The Morgan fingerprint density at radius 2 is 2.11 bits per heavy atom. The zero-order valence-corrected chi connectivity index (χ0v) is 12.8. The fourth-order valence-corrected chi connectivity index (χ4v) is 4.88. The van der Waals surface area contributed by atoms with Crippen LogP contribution in [0.3, 0.4) is 0 Å². The van der Waals surface area contributed by atoms with Crippen LogP contribution in [0.15, 0.2) is 10.4 Å². The number of halogens is 1. The summed E-state index contributed by atoms with van der Waals surface area (Å²) < 4.78 is 27.0. The van der Waals surface area contributed by atoms with Gasteiger partial charge in [-0.15, -0.1) is 0 Å². The van der Waals surface area contributed by atoms with Crippen LogP contribution in [0.4, 0.5) is 0 Å². The Kier molecular flexibility index (Phi) is 5.19. The molecule has 1 heterocycles. The minimum Gasteiger partial charge on any atom is -0.396 e. The summed E-state index contributed by atoms with van der Waals surface area (Å²) in [6.45, 7) is 0.488. The molecule has 5 nitrogen and oxygen atoms in total. The van der Waals surface area contributed by atoms with Gasteiger partial charge in [0.25, 0.3) is 10.0 Å². The summed E-state index contributed by atoms with van der Waals surface area (Å²) in [7, 11) is -3.53. The minimum absolute atomic E-state index is 0.124. The fourth-order valence-electron chi connectivity index (χ4n) is 2.44. The molecule has 1 aliphatic carbocycles. The lowest BCUT2D eigenvalue weighted by molar-refractivity contribution is 0.136. The van der Waals surface area contributed by atoms with Crippen LogP contribution in [0.2, 0.25) is 4.47 Å². The molecule has 0 bridgehead atoms. The Morgan fingerprint density at radius 1 is 1.42 bits per heavy atom. The molecule has 108 valence electrons. The quantitative estimate of drug-likeness (QED) is 0.866. The molecule has 0 saturated heterocycles. The average molecular weight is 325 g/mol. The molecular weight excluding hydrogens is 308 g/mol. The second-order valence-corrected chi connectivity index (χ2v) is 8.38. The Hall–Kier alpha value is -0.210. The highest BCUT2D eigenvalue weighted by Crippen LogP contribution is 2.30. The van der Waals surface area contributed by atoms with E-state index in [2.05, 4.69) is 9.71 Å². The molecule has 2 atom stereocenters. The van der Waals surface area contributed by atoms with E-state index < -0.39 is 10.0 Å². The molecule has 1 saturated carbocycles. The maximum Gasteiger partial charge on any atom is 0.251 e. The molecule has 1 fully saturated rings. The van der Waals surface area contributed by atoms with Gasteiger partial charge in [0.1, 0.15) is 0 Å². The maximum atomic E-state index is 12.0. The number of hydrogen-bond donors (Lipinski definition) is 2. The Labute approximate surface area is 122 Å². The van der Waals surface area contributed by atoms with Crippen molar-refractivity contribution < 1.29 is 13.5 Å². The van der Waals surface area contributed by atoms with E-state index in [-0.39, 0.29) is 27.1 Å². The van der Waals surface area contributed by atoms with Crippen molar-refractivity contribution in [2.24, 2.45) is 11.8 Å². The first-order chi connectivity index (χ1) is 9.03. The standard InChI is InChI=1S/C11H17ClN2O3S2/c12-11-13-6-10(18-11)19(16,17)14-5-8-3-1-2-4-9(8)7-15/h6,8-9,14-15H,1-5,7H2. The molecule has 0 aromatic carbocycles. The van der Waals surface area contributed by atoms with Crippen LogP contribution in [-0.2, 0) is 10.0 Å². The molecular formula is C11H17ClN2O3S2. The molecule has 2 unspecified atom stereocenters. The van der Waals surface area contributed by atoms with Crippen molar-refractivity contribution >= 4 is 33.0 Å². The van der Waals surface area contributed by atoms with Gasteiger partial charge in [-0.3, -0.25) is 0 Å². The zero-order chi connectivity index (χ0) is 13.9. The molecule has 1 aromatic rings. The topological polar surface area (TPSA) is 79.3 Å². The van der Waals surface area contributed by atoms with Gasteiger partial charge in [-0.05, 0) is 24.7 Å². The van der Waals surface area contributed by atoms with Gasteiger partial charge in [-0.1, -0.05) is 35.8 Å². The van der Waals surface area contributed by atoms with Gasteiger partial charge in [0.05, 0.1) is 6.20 Å². The molecule has 0 amide bonds. The summed E-state index contributed by atoms with van der Waals surface area (Å²) in [6, 6.07) is 0. The fraction of sp³-hybridized carbons (Fsp3) is 0.727. The average Bonchev–Trinajstić information content (AvgIpc) is 2.84. The third-order valence-corrected chi connectivity index (χ3v) is 6.56. The van der Waals surface area contributed by atoms with Crippen molar-refractivity contribution in [3.63, 3.8) is 0 Å². The normalized spacial score (nSPS) is 24.5. The Bertz CT molecular complexity index is 518. The first-order valence-corrected chi connectivity index (χ1v) is 8.92. The lowest BCUT2D eigenvalue weighted by atomic mass is 9.80. The second kappa shape index (κ2) is 6.49. The Morgan fingerprint density at radius 3 is 2.68 bits per heavy atom. The van der Waals surface area contributed by atoms with Crippen LogP contribution in [-0.4, -0.2) is 31.7 Å². The molecule has 1 aliphatic rings. The summed E-state index contributed by atoms with van der Waals surface area (Å²) >= 11 is 6.59. The van der Waals surface area contributed by atoms with Crippen molar-refractivity contribution in [2.75, 3.05) is 13.2 Å². The van der Waals surface area contributed by atoms with E-state index in [1.807, 2.05) is 0 Å². The highest BCUT2D eigenvalue weighted by atomic mass is 35.5. The summed E-state index contributed by atoms with van der Waals surface area (Å²) in [5.74, 6) is 0.401. The predicted molar refractivity (Wildman–Crippen MR) is 74.8 cm³/mol. The van der Waals surface area contributed by atoms with Gasteiger partial charge < -0.3 is 5.11 Å². The molecule has 0 spiro atoms. The number of thiazole rings is 1. The van der Waals surface area contributed by atoms with Gasteiger partial charge in [0, 0.05) is 13.2 Å². The number of hydrogen-bond acceptors (Lipinski definition) is 5. The largest absolute Gasteiger partial charge is 0.396 e. The Balaban J connectivity index is 1.97. The predicted octanol–water partition coefficient (Wildman–Crippen LogP) is 1.87. The first kappa shape index (κ1) is 15.2. The van der Waals surface area contributed by atoms with E-state index in [9.17, 15) is 13.5 Å². The third kappa shape index (κ3) is 3.88. The first-order valence-electron chi connectivity index (χ1n) is 6.25. The summed E-state index contributed by atoms with van der Waals surface area (Å²) in [4.78, 5) is 3.73. The van der Waals surface area contributed by atoms with Crippen LogP contribution in [0.1, 0.15) is 25.7 Å². The number of nitrogens with zero attached hydrogens (tertiary/aromatic N) is 1. The smallest absolute Gasteiger partial charge is 0.251 e. The van der Waals surface area contributed by atoms with E-state index in [0.717, 1.165) is 37.0 Å². The van der Waals surface area contributed by atoms with Gasteiger partial charge in [-0.25, -0.2) is 18.1 Å². The molecule has 8 heteroatoms. The number of aliphatic hydroxyl groups is 1. The van der Waals surface area contributed by atoms with E-state index in [1.54, 1.807) is 0 Å². The van der Waals surface area contributed by atoms with Gasteiger partial charge in [0.2, 0.25) is 0 Å². The minimum atomic E-state index is -3.53. The van der Waals surface area contributed by atoms with Crippen molar-refractivity contribution in [3.05, 3.63) is 10.7 Å². The lowest BCUT2D eigenvalue weighted by Crippen LogP contribution is -2.35. The molecule has 2 N–H and O–H groups in total. The van der Waals surface area contributed by atoms with E-state index in [1.165, 1.54) is 6.20 Å². The molecule has 19 heavy (non-hydrogen) atoms. The summed E-state index contributed by atoms with van der Waals surface area (Å²) in [6.07, 6.45) is 5.39. The van der Waals surface area contributed by atoms with Crippen LogP contribution >= 0.6 is 22.9 Å². The van der Waals surface area contributed by atoms with Crippen LogP contribution < -0.4 is 4.72 Å². The van der Waals surface area contributed by atoms with Gasteiger partial charge in [0.15, 0.2) is 8.68 Å². The maximum absolute atomic E-state index is 12.0. The van der Waals surface area contributed by atoms with Crippen LogP contribution in [0, 0.1) is 11.8 Å². The van der Waals surface area contributed by atoms with Gasteiger partial charge in [-0.2, -0.15) is 0 Å². The molecule has 1 aromatic heterocycles. The van der Waals surface area contributed by atoms with Crippen molar-refractivity contribution in [2.45, 2.75) is 29.9 Å². The lowest BCUT2D eigenvalue weighted by Gasteiger charge is -2.30. The van der Waals surface area contributed by atoms with Crippen molar-refractivity contribution in [1.82, 2.24) is 9.71 Å². The number of rotatable bonds is 5. The second-order valence-electron chi connectivity index (χ2n) is 4.77. The third-order valence-electron chi connectivity index (χ3n) is 3.56. The molecule has 2 rings (SSSR count). The van der Waals surface area contributed by atoms with E-state index in [0.29, 0.717) is 6.54 Å². The number of aromatic nitrogens is 1. The molecule has 0 radical (unpaired) electrons. The number of aliphatic hydroxyl groups excluding tert-OH is 1. The highest BCUT2D eigenvalue weighted by molar-refractivity contribution is 7.91. The molecule has 0 aliphatic heterocycles. The number of sulfonamides is 1. The van der Waals surface area contributed by atoms with Crippen LogP contribution in [0.25, 0.3) is 0 Å². The summed E-state index contributed by atoms with van der Waals surface area (Å²) in [5, 5.41) is 9.31.